The number of fused-ring (bicyclic) bond motifs is 17. The molecule has 0 amide bonds. The van der Waals surface area contributed by atoms with E-state index in [1.807, 2.05) is 0 Å². The second-order valence-electron chi connectivity index (χ2n) is 12.8. The van der Waals surface area contributed by atoms with Crippen LogP contribution in [0.4, 0.5) is 0 Å². The van der Waals surface area contributed by atoms with Gasteiger partial charge in [-0.15, -0.1) is 0 Å². The van der Waals surface area contributed by atoms with Gasteiger partial charge < -0.3 is 4.42 Å². The van der Waals surface area contributed by atoms with Crippen LogP contribution in [0.5, 0.6) is 0 Å². The summed E-state index contributed by atoms with van der Waals surface area (Å²) in [7, 11) is 0. The molecule has 1 saturated carbocycles. The predicted octanol–water partition coefficient (Wildman–Crippen LogP) is 6.93. The smallest absolute Gasteiger partial charge is 0.269 e. The van der Waals surface area contributed by atoms with Crippen molar-refractivity contribution in [1.82, 2.24) is 0 Å². The molecule has 9 rings (SSSR count). The molecule has 38 heavy (non-hydrogen) atoms. The molecule has 1 spiro atoms. The number of aryl methyl sites for hydroxylation is 2. The molecular weight excluding hydrogens is 464 g/mol. The highest BCUT2D eigenvalue weighted by Gasteiger charge is 2.86. The molecular formula is C35H32N2O+2. The van der Waals surface area contributed by atoms with Crippen molar-refractivity contribution < 1.29 is 13.6 Å². The summed E-state index contributed by atoms with van der Waals surface area (Å²) in [5.74, 6) is 1.59. The average Bonchev–Trinajstić information content (AvgIpc) is 3.37. The number of pyridine rings is 2. The van der Waals surface area contributed by atoms with Gasteiger partial charge in [0.25, 0.3) is 5.54 Å². The topological polar surface area (TPSA) is 20.9 Å². The lowest BCUT2D eigenvalue weighted by Crippen LogP contribution is -2.51. The maximum absolute atomic E-state index is 6.78. The minimum absolute atomic E-state index is 0.0696. The Morgan fingerprint density at radius 2 is 1.71 bits per heavy atom. The lowest BCUT2D eigenvalue weighted by molar-refractivity contribution is -0.772. The molecule has 1 fully saturated rings. The van der Waals surface area contributed by atoms with E-state index >= 15 is 0 Å². The molecule has 3 atom stereocenters. The molecule has 5 aromatic rings. The molecule has 2 aromatic carbocycles. The molecule has 0 radical (unpaired) electrons. The molecule has 5 heterocycles. The summed E-state index contributed by atoms with van der Waals surface area (Å²) in [6.07, 6.45) is 9.46. The Hall–Kier alpha value is -3.72. The Balaban J connectivity index is 1.40. The lowest BCUT2D eigenvalue weighted by Gasteiger charge is -2.18. The Kier molecular flexibility index (Phi) is 3.81. The van der Waals surface area contributed by atoms with Crippen LogP contribution in [0.1, 0.15) is 73.6 Å². The third-order valence-electron chi connectivity index (χ3n) is 9.92. The monoisotopic (exact) mass is 496 g/mol. The summed E-state index contributed by atoms with van der Waals surface area (Å²) >= 11 is 0. The van der Waals surface area contributed by atoms with Gasteiger partial charge >= 0.3 is 0 Å². The van der Waals surface area contributed by atoms with Crippen LogP contribution >= 0.6 is 0 Å². The highest BCUT2D eigenvalue weighted by molar-refractivity contribution is 5.97. The van der Waals surface area contributed by atoms with Crippen LogP contribution in [-0.4, -0.2) is 0 Å². The van der Waals surface area contributed by atoms with Gasteiger partial charge in [-0.2, -0.15) is 9.13 Å². The zero-order valence-corrected chi connectivity index (χ0v) is 22.3. The summed E-state index contributed by atoms with van der Waals surface area (Å²) in [5, 5.41) is 1.33. The van der Waals surface area contributed by atoms with Gasteiger partial charge in [0.15, 0.2) is 12.4 Å². The van der Waals surface area contributed by atoms with E-state index in [1.54, 1.807) is 0 Å². The Bertz CT molecular complexity index is 1780. The minimum atomic E-state index is -0.166. The highest BCUT2D eigenvalue weighted by Crippen LogP contribution is 2.71. The maximum Gasteiger partial charge on any atom is 0.269 e. The van der Waals surface area contributed by atoms with Gasteiger partial charge in [-0.05, 0) is 48.4 Å². The summed E-state index contributed by atoms with van der Waals surface area (Å²) in [6, 6.07) is 25.6. The van der Waals surface area contributed by atoms with E-state index in [0.717, 1.165) is 18.4 Å². The number of rotatable bonds is 0. The van der Waals surface area contributed by atoms with Crippen molar-refractivity contribution in [3.8, 4) is 22.5 Å². The molecule has 186 valence electrons. The number of aromatic nitrogens is 2. The largest absolute Gasteiger partial charge is 0.460 e. The molecule has 0 N–H and O–H groups in total. The quantitative estimate of drug-likeness (QED) is 0.213. The van der Waals surface area contributed by atoms with Crippen molar-refractivity contribution in [1.29, 1.82) is 0 Å². The molecule has 3 heteroatoms. The van der Waals surface area contributed by atoms with Gasteiger partial charge in [-0.3, -0.25) is 0 Å². The first kappa shape index (κ1) is 21.2. The zero-order chi connectivity index (χ0) is 25.4. The van der Waals surface area contributed by atoms with Gasteiger partial charge in [0, 0.05) is 46.7 Å². The fraction of sp³-hybridized carbons (Fsp3) is 0.314. The minimum Gasteiger partial charge on any atom is -0.460 e. The van der Waals surface area contributed by atoms with Gasteiger partial charge in [0.1, 0.15) is 17.3 Å². The third-order valence-corrected chi connectivity index (χ3v) is 9.92. The molecule has 0 bridgehead atoms. The summed E-state index contributed by atoms with van der Waals surface area (Å²) in [6.45, 7) is 6.96. The maximum atomic E-state index is 6.78. The van der Waals surface area contributed by atoms with E-state index in [1.165, 1.54) is 68.8 Å². The summed E-state index contributed by atoms with van der Waals surface area (Å²) in [4.78, 5) is 0. The van der Waals surface area contributed by atoms with Crippen molar-refractivity contribution in [3.63, 3.8) is 0 Å². The van der Waals surface area contributed by atoms with Crippen LogP contribution in [0.3, 0.4) is 0 Å². The van der Waals surface area contributed by atoms with Crippen molar-refractivity contribution >= 4 is 11.0 Å². The van der Waals surface area contributed by atoms with Crippen molar-refractivity contribution in [2.45, 2.75) is 69.4 Å². The predicted molar refractivity (Wildman–Crippen MR) is 148 cm³/mol. The Morgan fingerprint density at radius 3 is 2.61 bits per heavy atom. The Labute approximate surface area is 223 Å². The van der Waals surface area contributed by atoms with E-state index in [-0.39, 0.29) is 11.0 Å². The van der Waals surface area contributed by atoms with Crippen LogP contribution in [0.15, 0.2) is 83.5 Å². The molecule has 3 nitrogen and oxygen atoms in total. The van der Waals surface area contributed by atoms with Crippen LogP contribution in [-0.2, 0) is 23.8 Å². The van der Waals surface area contributed by atoms with Gasteiger partial charge in [0.05, 0.1) is 11.1 Å². The van der Waals surface area contributed by atoms with E-state index in [4.69, 9.17) is 4.42 Å². The fourth-order valence-corrected chi connectivity index (χ4v) is 8.18. The molecule has 3 unspecified atom stereocenters. The average molecular weight is 497 g/mol. The molecule has 0 saturated heterocycles. The molecule has 2 aliphatic carbocycles. The number of hydrogen-bond donors (Lipinski definition) is 0. The van der Waals surface area contributed by atoms with Crippen LogP contribution in [0.2, 0.25) is 0 Å². The number of nitrogens with zero attached hydrogens (tertiary/aromatic N) is 2. The van der Waals surface area contributed by atoms with E-state index < -0.39 is 0 Å². The van der Waals surface area contributed by atoms with Gasteiger partial charge in [0.2, 0.25) is 17.4 Å². The van der Waals surface area contributed by atoms with Crippen LogP contribution < -0.4 is 9.13 Å². The van der Waals surface area contributed by atoms with Crippen LogP contribution in [0, 0.1) is 0 Å². The SMILES string of the molecule is CC(C)(C)c1ccc2[n+](c1)C1(c3ccc4c5c(oc4c3-2)CCCC5)C2c3ccccc3-c3cccc[n+]3C21. The number of furan rings is 1. The highest BCUT2D eigenvalue weighted by atomic mass is 16.3. The van der Waals surface area contributed by atoms with Crippen molar-refractivity contribution in [3.05, 3.63) is 107 Å². The van der Waals surface area contributed by atoms with Crippen molar-refractivity contribution in [2.75, 3.05) is 0 Å². The number of hydrogen-bond acceptors (Lipinski definition) is 1. The van der Waals surface area contributed by atoms with Gasteiger partial charge in [-0.1, -0.05) is 51.1 Å². The van der Waals surface area contributed by atoms with E-state index in [2.05, 4.69) is 109 Å². The summed E-state index contributed by atoms with van der Waals surface area (Å²) in [5.41, 5.74) is 12.0. The first-order valence-electron chi connectivity index (χ1n) is 14.2. The molecule has 3 aromatic heterocycles. The number of benzene rings is 2. The second kappa shape index (κ2) is 6.83. The fourth-order valence-electron chi connectivity index (χ4n) is 8.18. The first-order valence-corrected chi connectivity index (χ1v) is 14.2. The van der Waals surface area contributed by atoms with Crippen LogP contribution in [0.25, 0.3) is 33.5 Å². The normalized spacial score (nSPS) is 23.9. The standard InChI is InChI=1S/C35H32N2O/c1-34(2,3)21-15-18-28-30-26(17-16-25-23-11-6-7-14-29(23)38-32(25)30)35(37(28)20-21)31-24-12-5-4-10-22(24)27-13-8-9-19-36(27)33(31)35/h4-5,8-10,12-13,15-20,31,33H,6-7,11,14H2,1-3H3/q+2. The first-order chi connectivity index (χ1) is 18.5. The summed E-state index contributed by atoms with van der Waals surface area (Å²) < 4.78 is 12.0. The zero-order valence-electron chi connectivity index (χ0n) is 22.3. The second-order valence-corrected chi connectivity index (χ2v) is 12.8. The van der Waals surface area contributed by atoms with Gasteiger partial charge in [-0.25, -0.2) is 0 Å². The molecule has 2 aliphatic heterocycles. The lowest BCUT2D eigenvalue weighted by atomic mass is 9.88. The third kappa shape index (κ3) is 2.38. The van der Waals surface area contributed by atoms with Crippen molar-refractivity contribution in [2.24, 2.45) is 0 Å². The Morgan fingerprint density at radius 1 is 0.868 bits per heavy atom. The van der Waals surface area contributed by atoms with E-state index in [0.29, 0.717) is 12.0 Å². The molecule has 4 aliphatic rings. The van der Waals surface area contributed by atoms with E-state index in [9.17, 15) is 0 Å².